The van der Waals surface area contributed by atoms with Crippen molar-refractivity contribution in [1.82, 2.24) is 10.3 Å². The predicted octanol–water partition coefficient (Wildman–Crippen LogP) is 2.11. The molecular formula is C12H15N3O2S. The lowest BCUT2D eigenvalue weighted by Gasteiger charge is -2.06. The number of fused-ring (bicyclic) bond motifs is 1. The van der Waals surface area contributed by atoms with Crippen molar-refractivity contribution < 1.29 is 9.90 Å². The van der Waals surface area contributed by atoms with Gasteiger partial charge in [0.15, 0.2) is 0 Å². The van der Waals surface area contributed by atoms with Crippen LogP contribution in [0.1, 0.15) is 11.4 Å². The van der Waals surface area contributed by atoms with Crippen molar-refractivity contribution >= 4 is 33.3 Å². The van der Waals surface area contributed by atoms with E-state index >= 15 is 0 Å². The van der Waals surface area contributed by atoms with E-state index in [0.717, 1.165) is 20.9 Å². The number of anilines is 1. The summed E-state index contributed by atoms with van der Waals surface area (Å²) < 4.78 is 1.06. The molecule has 5 nitrogen and oxygen atoms in total. The summed E-state index contributed by atoms with van der Waals surface area (Å²) in [5.41, 5.74) is 1.69. The lowest BCUT2D eigenvalue weighted by Crippen LogP contribution is -2.29. The average molecular weight is 265 g/mol. The van der Waals surface area contributed by atoms with E-state index < -0.39 is 0 Å². The second-order valence-corrected chi connectivity index (χ2v) is 5.11. The molecule has 1 heterocycles. The molecule has 1 aromatic heterocycles. The van der Waals surface area contributed by atoms with Crippen molar-refractivity contribution in [3.8, 4) is 0 Å². The van der Waals surface area contributed by atoms with E-state index in [1.165, 1.54) is 0 Å². The molecule has 0 bridgehead atoms. The normalized spacial score (nSPS) is 10.6. The highest BCUT2D eigenvalue weighted by atomic mass is 32.1. The maximum absolute atomic E-state index is 11.5. The summed E-state index contributed by atoms with van der Waals surface area (Å²) in [7, 11) is 0. The molecule has 0 radical (unpaired) electrons. The van der Waals surface area contributed by atoms with Crippen molar-refractivity contribution in [2.75, 3.05) is 18.5 Å². The first-order chi connectivity index (χ1) is 8.69. The summed E-state index contributed by atoms with van der Waals surface area (Å²) in [6.07, 6.45) is 0.556. The molecule has 0 saturated carbocycles. The quantitative estimate of drug-likeness (QED) is 0.741. The Morgan fingerprint density at radius 1 is 1.50 bits per heavy atom. The van der Waals surface area contributed by atoms with Gasteiger partial charge >= 0.3 is 6.03 Å². The lowest BCUT2D eigenvalue weighted by atomic mass is 10.3. The molecule has 0 aliphatic rings. The standard InChI is InChI=1S/C12H15N3O2S/c1-8-14-10-4-3-9(7-11(10)18-8)15-12(17)13-5-2-6-16/h3-4,7,16H,2,5-6H2,1H3,(H2,13,15,17). The highest BCUT2D eigenvalue weighted by molar-refractivity contribution is 7.18. The van der Waals surface area contributed by atoms with Gasteiger partial charge in [-0.05, 0) is 31.5 Å². The van der Waals surface area contributed by atoms with Crippen LogP contribution in [-0.2, 0) is 0 Å². The number of nitrogens with zero attached hydrogens (tertiary/aromatic N) is 1. The monoisotopic (exact) mass is 265 g/mol. The lowest BCUT2D eigenvalue weighted by molar-refractivity contribution is 0.249. The van der Waals surface area contributed by atoms with E-state index in [9.17, 15) is 4.79 Å². The van der Waals surface area contributed by atoms with Gasteiger partial charge < -0.3 is 15.7 Å². The van der Waals surface area contributed by atoms with Gasteiger partial charge in [-0.25, -0.2) is 9.78 Å². The molecule has 18 heavy (non-hydrogen) atoms. The molecular weight excluding hydrogens is 250 g/mol. The Kier molecular flexibility index (Phi) is 4.11. The topological polar surface area (TPSA) is 74.2 Å². The molecule has 3 N–H and O–H groups in total. The highest BCUT2D eigenvalue weighted by Gasteiger charge is 2.04. The Morgan fingerprint density at radius 3 is 3.11 bits per heavy atom. The summed E-state index contributed by atoms with van der Waals surface area (Å²) >= 11 is 1.60. The molecule has 2 amide bonds. The molecule has 96 valence electrons. The smallest absolute Gasteiger partial charge is 0.319 e. The fraction of sp³-hybridized carbons (Fsp3) is 0.333. The molecule has 2 aromatic rings. The van der Waals surface area contributed by atoms with Crippen LogP contribution < -0.4 is 10.6 Å². The van der Waals surface area contributed by atoms with Gasteiger partial charge in [-0.15, -0.1) is 11.3 Å². The number of hydrogen-bond acceptors (Lipinski definition) is 4. The predicted molar refractivity (Wildman–Crippen MR) is 73.1 cm³/mol. The molecule has 2 rings (SSSR count). The average Bonchev–Trinajstić information content (AvgIpc) is 2.69. The first-order valence-electron chi connectivity index (χ1n) is 5.72. The summed E-state index contributed by atoms with van der Waals surface area (Å²) in [5, 5.41) is 15.0. The van der Waals surface area contributed by atoms with Crippen LogP contribution in [0.15, 0.2) is 18.2 Å². The number of thiazole rings is 1. The van der Waals surface area contributed by atoms with E-state index in [1.807, 2.05) is 25.1 Å². The summed E-state index contributed by atoms with van der Waals surface area (Å²) in [4.78, 5) is 15.9. The van der Waals surface area contributed by atoms with Crippen molar-refractivity contribution in [3.05, 3.63) is 23.2 Å². The van der Waals surface area contributed by atoms with Crippen LogP contribution >= 0.6 is 11.3 Å². The van der Waals surface area contributed by atoms with E-state index in [4.69, 9.17) is 5.11 Å². The number of aliphatic hydroxyl groups excluding tert-OH is 1. The zero-order valence-corrected chi connectivity index (χ0v) is 10.9. The van der Waals surface area contributed by atoms with Crippen molar-refractivity contribution in [3.63, 3.8) is 0 Å². The molecule has 6 heteroatoms. The number of hydrogen-bond donors (Lipinski definition) is 3. The largest absolute Gasteiger partial charge is 0.396 e. The third kappa shape index (κ3) is 3.18. The number of rotatable bonds is 4. The van der Waals surface area contributed by atoms with E-state index in [0.29, 0.717) is 13.0 Å². The Morgan fingerprint density at radius 2 is 2.33 bits per heavy atom. The number of aromatic nitrogens is 1. The van der Waals surface area contributed by atoms with Gasteiger partial charge in [0.05, 0.1) is 15.2 Å². The molecule has 0 atom stereocenters. The SMILES string of the molecule is Cc1nc2ccc(NC(=O)NCCCO)cc2s1. The number of carbonyl (C=O) groups is 1. The zero-order chi connectivity index (χ0) is 13.0. The minimum atomic E-state index is -0.260. The van der Waals surface area contributed by atoms with Crippen molar-refractivity contribution in [2.45, 2.75) is 13.3 Å². The number of carbonyl (C=O) groups excluding carboxylic acids is 1. The van der Waals surface area contributed by atoms with Crippen molar-refractivity contribution in [2.24, 2.45) is 0 Å². The van der Waals surface area contributed by atoms with Gasteiger partial charge in [-0.2, -0.15) is 0 Å². The van der Waals surface area contributed by atoms with Gasteiger partial charge in [0.2, 0.25) is 0 Å². The van der Waals surface area contributed by atoms with Crippen LogP contribution in [0.3, 0.4) is 0 Å². The van der Waals surface area contributed by atoms with Crippen LogP contribution in [0.2, 0.25) is 0 Å². The summed E-state index contributed by atoms with van der Waals surface area (Å²) in [6.45, 7) is 2.50. The zero-order valence-electron chi connectivity index (χ0n) is 10.1. The Hall–Kier alpha value is -1.66. The van der Waals surface area contributed by atoms with Gasteiger partial charge in [0.25, 0.3) is 0 Å². The van der Waals surface area contributed by atoms with Gasteiger partial charge in [0, 0.05) is 18.8 Å². The van der Waals surface area contributed by atoms with Gasteiger partial charge in [0.1, 0.15) is 0 Å². The molecule has 0 spiro atoms. The molecule has 0 unspecified atom stereocenters. The second-order valence-electron chi connectivity index (χ2n) is 3.87. The Labute approximate surface area is 109 Å². The number of amides is 2. The second kappa shape index (κ2) is 5.79. The fourth-order valence-corrected chi connectivity index (χ4v) is 2.44. The molecule has 0 aliphatic carbocycles. The van der Waals surface area contributed by atoms with E-state index in [1.54, 1.807) is 11.3 Å². The van der Waals surface area contributed by atoms with E-state index in [-0.39, 0.29) is 12.6 Å². The summed E-state index contributed by atoms with van der Waals surface area (Å²) in [6, 6.07) is 5.37. The number of benzene rings is 1. The van der Waals surface area contributed by atoms with E-state index in [2.05, 4.69) is 15.6 Å². The van der Waals surface area contributed by atoms with Crippen LogP contribution in [0.25, 0.3) is 10.2 Å². The van der Waals surface area contributed by atoms with Gasteiger partial charge in [-0.1, -0.05) is 0 Å². The first kappa shape index (κ1) is 12.8. The maximum atomic E-state index is 11.5. The van der Waals surface area contributed by atoms with Crippen LogP contribution in [0.4, 0.5) is 10.5 Å². The minimum Gasteiger partial charge on any atom is -0.396 e. The molecule has 0 saturated heterocycles. The third-order valence-corrected chi connectivity index (χ3v) is 3.31. The van der Waals surface area contributed by atoms with Crippen LogP contribution in [0.5, 0.6) is 0 Å². The maximum Gasteiger partial charge on any atom is 0.319 e. The fourth-order valence-electron chi connectivity index (χ4n) is 1.57. The number of nitrogens with one attached hydrogen (secondary N) is 2. The third-order valence-electron chi connectivity index (χ3n) is 2.37. The minimum absolute atomic E-state index is 0.0758. The molecule has 1 aromatic carbocycles. The van der Waals surface area contributed by atoms with Crippen molar-refractivity contribution in [1.29, 1.82) is 0 Å². The molecule has 0 fully saturated rings. The van der Waals surface area contributed by atoms with Crippen LogP contribution in [-0.4, -0.2) is 29.3 Å². The Bertz CT molecular complexity index is 553. The highest BCUT2D eigenvalue weighted by Crippen LogP contribution is 2.24. The molecule has 0 aliphatic heterocycles. The van der Waals surface area contributed by atoms with Gasteiger partial charge in [-0.3, -0.25) is 0 Å². The number of urea groups is 1. The Balaban J connectivity index is 2.00. The number of aryl methyl sites for hydroxylation is 1. The number of aliphatic hydroxyl groups is 1. The first-order valence-corrected chi connectivity index (χ1v) is 6.53. The van der Waals surface area contributed by atoms with Crippen LogP contribution in [0, 0.1) is 6.92 Å². The summed E-state index contributed by atoms with van der Waals surface area (Å²) in [5.74, 6) is 0.